The van der Waals surface area contributed by atoms with Crippen LogP contribution in [-0.4, -0.2) is 19.1 Å². The molecule has 1 rings (SSSR count). The molecule has 0 fully saturated rings. The molecule has 100 valence electrons. The highest BCUT2D eigenvalue weighted by atomic mass is 16.5. The molecule has 0 saturated carbocycles. The normalized spacial score (nSPS) is 10.4. The van der Waals surface area contributed by atoms with Crippen LogP contribution < -0.4 is 11.1 Å². The Bertz CT molecular complexity index is 391. The molecule has 0 aliphatic carbocycles. The lowest BCUT2D eigenvalue weighted by atomic mass is 10.1. The van der Waals surface area contributed by atoms with Crippen LogP contribution in [0.3, 0.4) is 0 Å². The van der Waals surface area contributed by atoms with Crippen molar-refractivity contribution in [1.82, 2.24) is 0 Å². The molecule has 4 heteroatoms. The summed E-state index contributed by atoms with van der Waals surface area (Å²) in [6, 6.07) is 5.85. The zero-order chi connectivity index (χ0) is 13.4. The van der Waals surface area contributed by atoms with Crippen LogP contribution in [0, 0.1) is 6.92 Å². The SMILES string of the molecule is CCCOCCC(=O)Nc1cc(CN)ccc1C. The number of nitrogens with two attached hydrogens (primary N) is 1. The first kappa shape index (κ1) is 14.7. The van der Waals surface area contributed by atoms with Crippen molar-refractivity contribution < 1.29 is 9.53 Å². The Morgan fingerprint density at radius 3 is 2.83 bits per heavy atom. The molecule has 0 saturated heterocycles. The number of carbonyl (C=O) groups excluding carboxylic acids is 1. The predicted molar refractivity (Wildman–Crippen MR) is 73.4 cm³/mol. The standard InChI is InChI=1S/C14H22N2O2/c1-3-7-18-8-6-14(17)16-13-9-12(10-15)5-4-11(13)2/h4-5,9H,3,6-8,10,15H2,1-2H3,(H,16,17). The van der Waals surface area contributed by atoms with Crippen molar-refractivity contribution in [3.63, 3.8) is 0 Å². The van der Waals surface area contributed by atoms with E-state index < -0.39 is 0 Å². The van der Waals surface area contributed by atoms with Crippen molar-refractivity contribution in [1.29, 1.82) is 0 Å². The number of benzene rings is 1. The van der Waals surface area contributed by atoms with E-state index in [0.717, 1.165) is 23.2 Å². The van der Waals surface area contributed by atoms with E-state index in [0.29, 0.717) is 26.2 Å². The zero-order valence-electron chi connectivity index (χ0n) is 11.2. The monoisotopic (exact) mass is 250 g/mol. The van der Waals surface area contributed by atoms with Crippen LogP contribution >= 0.6 is 0 Å². The van der Waals surface area contributed by atoms with E-state index in [1.807, 2.05) is 32.0 Å². The van der Waals surface area contributed by atoms with Crippen molar-refractivity contribution in [2.45, 2.75) is 33.2 Å². The summed E-state index contributed by atoms with van der Waals surface area (Å²) in [6.07, 6.45) is 1.35. The van der Waals surface area contributed by atoms with Crippen molar-refractivity contribution in [3.8, 4) is 0 Å². The largest absolute Gasteiger partial charge is 0.381 e. The number of aryl methyl sites for hydroxylation is 1. The van der Waals surface area contributed by atoms with Gasteiger partial charge in [-0.1, -0.05) is 19.1 Å². The zero-order valence-corrected chi connectivity index (χ0v) is 11.2. The molecule has 0 radical (unpaired) electrons. The molecule has 0 atom stereocenters. The summed E-state index contributed by atoms with van der Waals surface area (Å²) in [6.45, 7) is 5.65. The second kappa shape index (κ2) is 7.84. The number of anilines is 1. The van der Waals surface area contributed by atoms with Gasteiger partial charge in [0.2, 0.25) is 5.91 Å². The lowest BCUT2D eigenvalue weighted by molar-refractivity contribution is -0.117. The van der Waals surface area contributed by atoms with Crippen LogP contribution in [0.15, 0.2) is 18.2 Å². The van der Waals surface area contributed by atoms with Crippen LogP contribution in [0.1, 0.15) is 30.9 Å². The minimum absolute atomic E-state index is 0.0247. The van der Waals surface area contributed by atoms with Gasteiger partial charge in [-0.2, -0.15) is 0 Å². The highest BCUT2D eigenvalue weighted by Crippen LogP contribution is 2.16. The van der Waals surface area contributed by atoms with E-state index in [4.69, 9.17) is 10.5 Å². The van der Waals surface area contributed by atoms with Gasteiger partial charge < -0.3 is 15.8 Å². The van der Waals surface area contributed by atoms with Crippen molar-refractivity contribution in [2.24, 2.45) is 5.73 Å². The Morgan fingerprint density at radius 2 is 2.17 bits per heavy atom. The van der Waals surface area contributed by atoms with Crippen LogP contribution in [-0.2, 0) is 16.1 Å². The molecule has 3 N–H and O–H groups in total. The third kappa shape index (κ3) is 4.85. The smallest absolute Gasteiger partial charge is 0.226 e. The van der Waals surface area contributed by atoms with E-state index in [2.05, 4.69) is 5.32 Å². The molecular weight excluding hydrogens is 228 g/mol. The molecule has 0 heterocycles. The summed E-state index contributed by atoms with van der Waals surface area (Å²) >= 11 is 0. The van der Waals surface area contributed by atoms with E-state index >= 15 is 0 Å². The van der Waals surface area contributed by atoms with E-state index in [-0.39, 0.29) is 5.91 Å². The summed E-state index contributed by atoms with van der Waals surface area (Å²) in [4.78, 5) is 11.7. The number of ether oxygens (including phenoxy) is 1. The van der Waals surface area contributed by atoms with Crippen LogP contribution in [0.4, 0.5) is 5.69 Å². The van der Waals surface area contributed by atoms with Crippen LogP contribution in [0.5, 0.6) is 0 Å². The Balaban J connectivity index is 2.48. The fraction of sp³-hybridized carbons (Fsp3) is 0.500. The van der Waals surface area contributed by atoms with E-state index in [1.54, 1.807) is 0 Å². The van der Waals surface area contributed by atoms with Gasteiger partial charge in [0, 0.05) is 18.8 Å². The Morgan fingerprint density at radius 1 is 1.39 bits per heavy atom. The molecule has 18 heavy (non-hydrogen) atoms. The summed E-state index contributed by atoms with van der Waals surface area (Å²) in [5.41, 5.74) is 8.46. The maximum atomic E-state index is 11.7. The predicted octanol–water partition coefficient (Wildman–Crippen LogP) is 2.21. The van der Waals surface area contributed by atoms with E-state index in [9.17, 15) is 4.79 Å². The number of hydrogen-bond donors (Lipinski definition) is 2. The summed E-state index contributed by atoms with van der Waals surface area (Å²) < 4.78 is 5.29. The molecule has 0 unspecified atom stereocenters. The van der Waals surface area contributed by atoms with Crippen LogP contribution in [0.2, 0.25) is 0 Å². The van der Waals surface area contributed by atoms with Gasteiger partial charge in [0.05, 0.1) is 13.0 Å². The van der Waals surface area contributed by atoms with Gasteiger partial charge in [-0.3, -0.25) is 4.79 Å². The Kier molecular flexibility index (Phi) is 6.39. The molecule has 1 aromatic carbocycles. The summed E-state index contributed by atoms with van der Waals surface area (Å²) in [5.74, 6) is -0.0247. The van der Waals surface area contributed by atoms with Gasteiger partial charge in [-0.15, -0.1) is 0 Å². The molecule has 0 bridgehead atoms. The quantitative estimate of drug-likeness (QED) is 0.729. The minimum Gasteiger partial charge on any atom is -0.381 e. The highest BCUT2D eigenvalue weighted by molar-refractivity contribution is 5.91. The third-order valence-electron chi connectivity index (χ3n) is 2.63. The second-order valence-electron chi connectivity index (χ2n) is 4.26. The number of hydrogen-bond acceptors (Lipinski definition) is 3. The first-order valence-electron chi connectivity index (χ1n) is 6.34. The lowest BCUT2D eigenvalue weighted by Gasteiger charge is -2.10. The molecule has 0 aliphatic rings. The number of carbonyl (C=O) groups is 1. The molecule has 0 spiro atoms. The first-order valence-corrected chi connectivity index (χ1v) is 6.34. The molecular formula is C14H22N2O2. The minimum atomic E-state index is -0.0247. The average molecular weight is 250 g/mol. The maximum absolute atomic E-state index is 11.7. The summed E-state index contributed by atoms with van der Waals surface area (Å²) in [5, 5.41) is 2.89. The Hall–Kier alpha value is -1.39. The van der Waals surface area contributed by atoms with Gasteiger partial charge >= 0.3 is 0 Å². The van der Waals surface area contributed by atoms with Crippen molar-refractivity contribution in [2.75, 3.05) is 18.5 Å². The number of rotatable bonds is 7. The van der Waals surface area contributed by atoms with E-state index in [1.165, 1.54) is 0 Å². The highest BCUT2D eigenvalue weighted by Gasteiger charge is 2.05. The average Bonchev–Trinajstić information content (AvgIpc) is 2.37. The maximum Gasteiger partial charge on any atom is 0.226 e. The fourth-order valence-corrected chi connectivity index (χ4v) is 1.55. The van der Waals surface area contributed by atoms with Gasteiger partial charge in [0.1, 0.15) is 0 Å². The Labute approximate surface area is 109 Å². The number of nitrogens with one attached hydrogen (secondary N) is 1. The van der Waals surface area contributed by atoms with Gasteiger partial charge in [0.25, 0.3) is 0 Å². The fourth-order valence-electron chi connectivity index (χ4n) is 1.55. The van der Waals surface area contributed by atoms with Gasteiger partial charge in [-0.25, -0.2) is 0 Å². The third-order valence-corrected chi connectivity index (χ3v) is 2.63. The van der Waals surface area contributed by atoms with Crippen molar-refractivity contribution >= 4 is 11.6 Å². The molecule has 1 amide bonds. The molecule has 0 aliphatic heterocycles. The summed E-state index contributed by atoms with van der Waals surface area (Å²) in [7, 11) is 0. The first-order chi connectivity index (χ1) is 8.67. The van der Waals surface area contributed by atoms with Gasteiger partial charge in [0.15, 0.2) is 0 Å². The van der Waals surface area contributed by atoms with Gasteiger partial charge in [-0.05, 0) is 30.5 Å². The number of amides is 1. The molecule has 0 aromatic heterocycles. The second-order valence-corrected chi connectivity index (χ2v) is 4.26. The molecule has 1 aromatic rings. The topological polar surface area (TPSA) is 64.3 Å². The van der Waals surface area contributed by atoms with Crippen LogP contribution in [0.25, 0.3) is 0 Å². The lowest BCUT2D eigenvalue weighted by Crippen LogP contribution is -2.15. The molecule has 4 nitrogen and oxygen atoms in total. The van der Waals surface area contributed by atoms with Crippen molar-refractivity contribution in [3.05, 3.63) is 29.3 Å².